The standard InChI is InChI=1S/C26H40FN4O5PS2Si/c1-15(2)16-9-10-26(6)18(11-16)35-37(38,39-26)36-21-17(12-33-40(7,8)25(3,4)5)34-24(19(21)27)31-14-30-20-22(31)28-13-29-23(20)32/h13-14,16-19,21,24H,1,9-12H2,2-8H3,(H,28,29,32)/t16-,17+,18+,19+,21+,24+,26+,37-/m0/s1. The fraction of sp³-hybridized carbons (Fsp3) is 0.731. The van der Waals surface area contributed by atoms with E-state index in [-0.39, 0.29) is 33.7 Å². The summed E-state index contributed by atoms with van der Waals surface area (Å²) in [5.74, 6) is 0.379. The van der Waals surface area contributed by atoms with Crippen LogP contribution in [0.2, 0.25) is 18.1 Å². The summed E-state index contributed by atoms with van der Waals surface area (Å²) in [5.41, 5.74) is -1.82. The maximum Gasteiger partial charge on any atom is 0.278 e. The van der Waals surface area contributed by atoms with E-state index in [0.29, 0.717) is 5.92 Å². The van der Waals surface area contributed by atoms with E-state index < -0.39 is 44.2 Å². The molecule has 1 aliphatic carbocycles. The number of allylic oxidation sites excluding steroid dienone is 1. The highest BCUT2D eigenvalue weighted by Gasteiger charge is 2.57. The molecule has 0 amide bonds. The number of ether oxygens (including phenoxy) is 1. The van der Waals surface area contributed by atoms with Crippen molar-refractivity contribution in [2.24, 2.45) is 5.92 Å². The second-order valence-electron chi connectivity index (χ2n) is 13.0. The molecule has 4 heterocycles. The Morgan fingerprint density at radius 1 is 1.43 bits per heavy atom. The smallest absolute Gasteiger partial charge is 0.278 e. The van der Waals surface area contributed by atoms with Crippen molar-refractivity contribution in [3.63, 3.8) is 0 Å². The van der Waals surface area contributed by atoms with E-state index in [1.54, 1.807) is 11.4 Å². The van der Waals surface area contributed by atoms with E-state index in [1.807, 2.05) is 0 Å². The van der Waals surface area contributed by atoms with Crippen LogP contribution in [0.3, 0.4) is 0 Å². The maximum atomic E-state index is 16.4. The number of halogens is 1. The first kappa shape index (κ1) is 30.5. The van der Waals surface area contributed by atoms with Crippen molar-refractivity contribution in [1.29, 1.82) is 0 Å². The lowest BCUT2D eigenvalue weighted by molar-refractivity contribution is -0.0413. The van der Waals surface area contributed by atoms with Crippen molar-refractivity contribution in [3.05, 3.63) is 35.2 Å². The van der Waals surface area contributed by atoms with Gasteiger partial charge in [0.1, 0.15) is 12.2 Å². The number of aromatic nitrogens is 4. The van der Waals surface area contributed by atoms with Crippen LogP contribution < -0.4 is 5.56 Å². The van der Waals surface area contributed by atoms with E-state index >= 15 is 4.39 Å². The SMILES string of the molecule is C=C(C)[C@H]1CC[C@@]2(C)S[P@](=S)(O[C@H]3[C@@H](F)[C@H](n4cnc5c(=O)[nH]cnc54)O[C@@H]3CO[Si](C)(C)C(C)(C)C)O[C@@H]2C1. The van der Waals surface area contributed by atoms with Crippen LogP contribution >= 0.6 is 17.1 Å². The number of nitrogens with one attached hydrogen (secondary N) is 1. The second-order valence-corrected chi connectivity index (χ2v) is 24.3. The Morgan fingerprint density at radius 3 is 2.83 bits per heavy atom. The average Bonchev–Trinajstić information content (AvgIpc) is 3.48. The normalized spacial score (nSPS) is 36.7. The molecule has 8 atom stereocenters. The van der Waals surface area contributed by atoms with Crippen molar-refractivity contribution in [2.75, 3.05) is 6.61 Å². The first-order valence-corrected chi connectivity index (χ1v) is 20.7. The van der Waals surface area contributed by atoms with Crippen molar-refractivity contribution < 1.29 is 22.6 Å². The molecule has 0 spiro atoms. The number of aromatic amines is 1. The lowest BCUT2D eigenvalue weighted by atomic mass is 9.77. The quantitative estimate of drug-likeness (QED) is 0.216. The second kappa shape index (κ2) is 10.7. The fourth-order valence-corrected chi connectivity index (χ4v) is 13.9. The summed E-state index contributed by atoms with van der Waals surface area (Å²) in [7, 11) is -2.18. The zero-order chi connectivity index (χ0) is 29.3. The Labute approximate surface area is 245 Å². The summed E-state index contributed by atoms with van der Waals surface area (Å²) in [5, 5.41) is -0.0390. The van der Waals surface area contributed by atoms with Crippen LogP contribution in [0.25, 0.3) is 11.2 Å². The van der Waals surface area contributed by atoms with Gasteiger partial charge in [-0.1, -0.05) is 44.3 Å². The third-order valence-electron chi connectivity index (χ3n) is 9.01. The van der Waals surface area contributed by atoms with Crippen LogP contribution in [0.5, 0.6) is 0 Å². The number of H-pyrrole nitrogens is 1. The highest BCUT2D eigenvalue weighted by Crippen LogP contribution is 2.76. The van der Waals surface area contributed by atoms with Gasteiger partial charge >= 0.3 is 0 Å². The van der Waals surface area contributed by atoms with Gasteiger partial charge in [0, 0.05) is 4.75 Å². The molecule has 2 aromatic heterocycles. The van der Waals surface area contributed by atoms with Gasteiger partial charge in [-0.15, -0.1) is 0 Å². The van der Waals surface area contributed by atoms with E-state index in [4.69, 9.17) is 30.0 Å². The van der Waals surface area contributed by atoms with Gasteiger partial charge in [0.05, 0.1) is 25.4 Å². The molecule has 3 fully saturated rings. The first-order chi connectivity index (χ1) is 18.5. The zero-order valence-electron chi connectivity index (χ0n) is 24.2. The van der Waals surface area contributed by atoms with Gasteiger partial charge in [-0.3, -0.25) is 9.36 Å². The molecule has 0 radical (unpaired) electrons. The largest absolute Gasteiger partial charge is 0.414 e. The lowest BCUT2D eigenvalue weighted by Gasteiger charge is -2.37. The van der Waals surface area contributed by atoms with Gasteiger partial charge in [0.25, 0.3) is 5.56 Å². The van der Waals surface area contributed by atoms with E-state index in [1.165, 1.54) is 17.2 Å². The van der Waals surface area contributed by atoms with Gasteiger partial charge in [0.2, 0.25) is 5.69 Å². The average molecular weight is 631 g/mol. The molecular weight excluding hydrogens is 591 g/mol. The van der Waals surface area contributed by atoms with Crippen LogP contribution in [-0.2, 0) is 30.0 Å². The molecular formula is C26H40FN4O5PS2Si. The third-order valence-corrected chi connectivity index (χ3v) is 19.3. The predicted molar refractivity (Wildman–Crippen MR) is 162 cm³/mol. The number of imidazole rings is 1. The third kappa shape index (κ3) is 5.57. The maximum absolute atomic E-state index is 16.4. The summed E-state index contributed by atoms with van der Waals surface area (Å²) in [6.45, 7) is 19.3. The number of fused-ring (bicyclic) bond motifs is 2. The number of hydrogen-bond acceptors (Lipinski definition) is 9. The Kier molecular flexibility index (Phi) is 8.14. The molecule has 2 saturated heterocycles. The molecule has 0 bridgehead atoms. The number of rotatable bonds is 7. The Hall–Kier alpha value is -0.923. The minimum Gasteiger partial charge on any atom is -0.414 e. The topological polar surface area (TPSA) is 100 Å². The molecule has 1 N–H and O–H groups in total. The molecule has 9 nitrogen and oxygen atoms in total. The molecule has 222 valence electrons. The molecule has 3 aliphatic rings. The van der Waals surface area contributed by atoms with Crippen LogP contribution in [0.15, 0.2) is 29.6 Å². The summed E-state index contributed by atoms with van der Waals surface area (Å²) < 4.78 is 43.5. The van der Waals surface area contributed by atoms with E-state index in [9.17, 15) is 4.79 Å². The van der Waals surface area contributed by atoms with Crippen LogP contribution in [-0.4, -0.2) is 63.7 Å². The van der Waals surface area contributed by atoms with Crippen LogP contribution in [0, 0.1) is 5.92 Å². The van der Waals surface area contributed by atoms with Gasteiger partial charge in [0.15, 0.2) is 31.9 Å². The molecule has 2 aromatic rings. The van der Waals surface area contributed by atoms with Crippen molar-refractivity contribution in [2.45, 2.75) is 107 Å². The van der Waals surface area contributed by atoms with Gasteiger partial charge in [-0.25, -0.2) is 14.4 Å². The molecule has 0 unspecified atom stereocenters. The molecule has 5 rings (SSSR count). The lowest BCUT2D eigenvalue weighted by Crippen LogP contribution is -2.44. The summed E-state index contributed by atoms with van der Waals surface area (Å²) in [6.07, 6.45) is 0.875. The summed E-state index contributed by atoms with van der Waals surface area (Å²) >= 11 is 7.58. The molecule has 1 saturated carbocycles. The zero-order valence-corrected chi connectivity index (χ0v) is 27.7. The Morgan fingerprint density at radius 2 is 2.15 bits per heavy atom. The van der Waals surface area contributed by atoms with Crippen LogP contribution in [0.1, 0.15) is 60.1 Å². The number of alkyl halides is 1. The minimum absolute atomic E-state index is 0.0390. The summed E-state index contributed by atoms with van der Waals surface area (Å²) in [4.78, 5) is 23.1. The highest BCUT2D eigenvalue weighted by atomic mass is 32.9. The molecule has 40 heavy (non-hydrogen) atoms. The van der Waals surface area contributed by atoms with E-state index in [0.717, 1.165) is 24.8 Å². The monoisotopic (exact) mass is 630 g/mol. The van der Waals surface area contributed by atoms with Crippen LogP contribution in [0.4, 0.5) is 4.39 Å². The first-order valence-electron chi connectivity index (χ1n) is 13.7. The number of hydrogen-bond donors (Lipinski definition) is 1. The van der Waals surface area contributed by atoms with Crippen molar-refractivity contribution in [3.8, 4) is 0 Å². The van der Waals surface area contributed by atoms with E-state index in [2.05, 4.69) is 69.2 Å². The van der Waals surface area contributed by atoms with Gasteiger partial charge in [-0.05, 0) is 69.0 Å². The van der Waals surface area contributed by atoms with Crippen molar-refractivity contribution >= 4 is 48.4 Å². The van der Waals surface area contributed by atoms with Gasteiger partial charge < -0.3 is 23.2 Å². The van der Waals surface area contributed by atoms with Crippen molar-refractivity contribution in [1.82, 2.24) is 19.5 Å². The fourth-order valence-electron chi connectivity index (χ4n) is 5.32. The Bertz CT molecular complexity index is 1400. The number of nitrogens with zero attached hydrogens (tertiary/aromatic N) is 3. The minimum atomic E-state index is -2.92. The highest BCUT2D eigenvalue weighted by molar-refractivity contribution is 8.68. The summed E-state index contributed by atoms with van der Waals surface area (Å²) in [6, 6.07) is 0. The Balaban J connectivity index is 1.42. The molecule has 2 aliphatic heterocycles. The van der Waals surface area contributed by atoms with Gasteiger partial charge in [-0.2, -0.15) is 0 Å². The molecule has 14 heteroatoms. The molecule has 0 aromatic carbocycles. The predicted octanol–water partition coefficient (Wildman–Crippen LogP) is 6.25.